The molecule has 1 unspecified atom stereocenters. The average molecular weight is 269 g/mol. The fourth-order valence-corrected chi connectivity index (χ4v) is 1.38. The number of nitrogens with one attached hydrogen (secondary N) is 2. The van der Waals surface area contributed by atoms with Crippen LogP contribution in [0.2, 0.25) is 0 Å². The molecule has 1 atom stereocenters. The zero-order valence-electron chi connectivity index (χ0n) is 10.3. The molecule has 1 heterocycles. The highest BCUT2D eigenvalue weighted by Crippen LogP contribution is 2.07. The Labute approximate surface area is 108 Å². The third-order valence-electron chi connectivity index (χ3n) is 2.18. The van der Waals surface area contributed by atoms with Gasteiger partial charge in [-0.25, -0.2) is 9.59 Å². The first-order valence-corrected chi connectivity index (χ1v) is 5.53. The van der Waals surface area contributed by atoms with E-state index in [1.165, 1.54) is 12.1 Å². The Kier molecular flexibility index (Phi) is 4.92. The van der Waals surface area contributed by atoms with Gasteiger partial charge in [0.05, 0.1) is 6.54 Å². The molecule has 0 spiro atoms. The number of aromatic carboxylic acids is 1. The van der Waals surface area contributed by atoms with E-state index in [0.29, 0.717) is 5.76 Å². The van der Waals surface area contributed by atoms with Gasteiger partial charge in [0.25, 0.3) is 0 Å². The second kappa shape index (κ2) is 6.43. The van der Waals surface area contributed by atoms with Crippen LogP contribution >= 0.6 is 0 Å². The number of nitrogens with two attached hydrogens (primary N) is 1. The van der Waals surface area contributed by atoms with Crippen LogP contribution in [0, 0.1) is 0 Å². The summed E-state index contributed by atoms with van der Waals surface area (Å²) in [5, 5.41) is 13.6. The molecule has 0 aromatic carbocycles. The van der Waals surface area contributed by atoms with E-state index in [1.807, 2.05) is 0 Å². The number of furan rings is 1. The Morgan fingerprint density at radius 3 is 2.63 bits per heavy atom. The number of primary amides is 1. The molecule has 19 heavy (non-hydrogen) atoms. The molecule has 0 fully saturated rings. The molecule has 1 aromatic heterocycles. The lowest BCUT2D eigenvalue weighted by molar-refractivity contribution is -0.118. The van der Waals surface area contributed by atoms with Gasteiger partial charge in [-0.05, 0) is 19.1 Å². The molecule has 0 bridgehead atoms. The summed E-state index contributed by atoms with van der Waals surface area (Å²) in [4.78, 5) is 32.6. The molecule has 8 nitrogen and oxygen atoms in total. The van der Waals surface area contributed by atoms with Crippen LogP contribution < -0.4 is 16.4 Å². The van der Waals surface area contributed by atoms with Crippen molar-refractivity contribution in [1.82, 2.24) is 10.6 Å². The van der Waals surface area contributed by atoms with Gasteiger partial charge in [-0.3, -0.25) is 4.79 Å². The van der Waals surface area contributed by atoms with Crippen LogP contribution in [0.1, 0.15) is 29.7 Å². The summed E-state index contributed by atoms with van der Waals surface area (Å²) in [6.07, 6.45) is 0.0390. The fraction of sp³-hybridized carbons (Fsp3) is 0.364. The van der Waals surface area contributed by atoms with E-state index in [-0.39, 0.29) is 24.8 Å². The summed E-state index contributed by atoms with van der Waals surface area (Å²) in [7, 11) is 0. The quantitative estimate of drug-likeness (QED) is 0.578. The SMILES string of the molecule is CC(CC(N)=O)NC(=O)NCc1ccc(C(=O)O)o1. The molecule has 0 aliphatic rings. The normalized spacial score (nSPS) is 11.6. The molecule has 0 aliphatic heterocycles. The van der Waals surface area contributed by atoms with Gasteiger partial charge in [-0.15, -0.1) is 0 Å². The van der Waals surface area contributed by atoms with Crippen LogP contribution in [-0.2, 0) is 11.3 Å². The summed E-state index contributed by atoms with van der Waals surface area (Å²) in [6.45, 7) is 1.68. The lowest BCUT2D eigenvalue weighted by Crippen LogP contribution is -2.41. The van der Waals surface area contributed by atoms with Crippen molar-refractivity contribution < 1.29 is 23.9 Å². The number of rotatable bonds is 6. The van der Waals surface area contributed by atoms with Crippen molar-refractivity contribution in [1.29, 1.82) is 0 Å². The van der Waals surface area contributed by atoms with Gasteiger partial charge >= 0.3 is 12.0 Å². The van der Waals surface area contributed by atoms with Crippen LogP contribution in [0.15, 0.2) is 16.5 Å². The van der Waals surface area contributed by atoms with Crippen molar-refractivity contribution in [2.45, 2.75) is 25.9 Å². The molecule has 0 radical (unpaired) electrons. The molecule has 1 aromatic rings. The van der Waals surface area contributed by atoms with Crippen molar-refractivity contribution in [3.05, 3.63) is 23.7 Å². The van der Waals surface area contributed by atoms with Crippen LogP contribution in [0.25, 0.3) is 0 Å². The Morgan fingerprint density at radius 2 is 2.11 bits per heavy atom. The van der Waals surface area contributed by atoms with Crippen LogP contribution in [-0.4, -0.2) is 29.1 Å². The maximum atomic E-state index is 11.4. The van der Waals surface area contributed by atoms with Crippen LogP contribution in [0.5, 0.6) is 0 Å². The van der Waals surface area contributed by atoms with E-state index in [4.69, 9.17) is 15.3 Å². The highest BCUT2D eigenvalue weighted by atomic mass is 16.4. The summed E-state index contributed by atoms with van der Waals surface area (Å²) in [5.74, 6) is -1.56. The largest absolute Gasteiger partial charge is 0.475 e. The maximum Gasteiger partial charge on any atom is 0.371 e. The van der Waals surface area contributed by atoms with Gasteiger partial charge in [-0.1, -0.05) is 0 Å². The lowest BCUT2D eigenvalue weighted by Gasteiger charge is -2.12. The Morgan fingerprint density at radius 1 is 1.42 bits per heavy atom. The molecule has 5 N–H and O–H groups in total. The number of carboxylic acid groups (broad SMARTS) is 1. The number of carboxylic acids is 1. The van der Waals surface area contributed by atoms with E-state index < -0.39 is 17.9 Å². The second-order valence-electron chi connectivity index (χ2n) is 3.97. The molecular weight excluding hydrogens is 254 g/mol. The number of hydrogen-bond donors (Lipinski definition) is 4. The molecular formula is C11H15N3O5. The molecule has 1 rings (SSSR count). The molecule has 0 saturated carbocycles. The second-order valence-corrected chi connectivity index (χ2v) is 3.97. The Balaban J connectivity index is 2.37. The Bertz CT molecular complexity index is 482. The summed E-state index contributed by atoms with van der Waals surface area (Å²) in [5.41, 5.74) is 4.98. The molecule has 3 amide bonds. The predicted octanol–water partition coefficient (Wildman–Crippen LogP) is 0.0409. The van der Waals surface area contributed by atoms with Crippen LogP contribution in [0.4, 0.5) is 4.79 Å². The Hall–Kier alpha value is -2.51. The monoisotopic (exact) mass is 269 g/mol. The highest BCUT2D eigenvalue weighted by Gasteiger charge is 2.11. The minimum absolute atomic E-state index is 0.0390. The third-order valence-corrected chi connectivity index (χ3v) is 2.18. The van der Waals surface area contributed by atoms with Crippen molar-refractivity contribution in [3.63, 3.8) is 0 Å². The first-order chi connectivity index (χ1) is 8.88. The minimum atomic E-state index is -1.18. The zero-order valence-corrected chi connectivity index (χ0v) is 10.3. The highest BCUT2D eigenvalue weighted by molar-refractivity contribution is 5.84. The molecule has 8 heteroatoms. The maximum absolute atomic E-state index is 11.4. The first kappa shape index (κ1) is 14.6. The van der Waals surface area contributed by atoms with E-state index in [1.54, 1.807) is 6.92 Å². The lowest BCUT2D eigenvalue weighted by atomic mass is 10.2. The van der Waals surface area contributed by atoms with E-state index in [0.717, 1.165) is 0 Å². The number of carbonyl (C=O) groups excluding carboxylic acids is 2. The van der Waals surface area contributed by atoms with Crippen molar-refractivity contribution in [3.8, 4) is 0 Å². The van der Waals surface area contributed by atoms with Gasteiger partial charge in [0.15, 0.2) is 0 Å². The molecule has 104 valence electrons. The smallest absolute Gasteiger partial charge is 0.371 e. The van der Waals surface area contributed by atoms with Crippen molar-refractivity contribution in [2.24, 2.45) is 5.73 Å². The topological polar surface area (TPSA) is 135 Å². The average Bonchev–Trinajstić information content (AvgIpc) is 2.73. The third kappa shape index (κ3) is 5.11. The summed E-state index contributed by atoms with van der Waals surface area (Å²) in [6, 6.07) is 1.87. The minimum Gasteiger partial charge on any atom is -0.475 e. The number of hydrogen-bond acceptors (Lipinski definition) is 4. The molecule has 0 saturated heterocycles. The first-order valence-electron chi connectivity index (χ1n) is 5.53. The van der Waals surface area contributed by atoms with Crippen molar-refractivity contribution >= 4 is 17.9 Å². The molecule has 0 aliphatic carbocycles. The van der Waals surface area contributed by atoms with Gasteiger partial charge < -0.3 is 25.9 Å². The van der Waals surface area contributed by atoms with Gasteiger partial charge in [-0.2, -0.15) is 0 Å². The number of carbonyl (C=O) groups is 3. The summed E-state index contributed by atoms with van der Waals surface area (Å²) < 4.78 is 4.95. The van der Waals surface area contributed by atoms with Crippen molar-refractivity contribution in [2.75, 3.05) is 0 Å². The number of urea groups is 1. The zero-order chi connectivity index (χ0) is 14.4. The van der Waals surface area contributed by atoms with Gasteiger partial charge in [0.2, 0.25) is 11.7 Å². The standard InChI is InChI=1S/C11H15N3O5/c1-6(4-9(12)15)14-11(18)13-5-7-2-3-8(19-7)10(16)17/h2-3,6H,4-5H2,1H3,(H2,12,15)(H,16,17)(H2,13,14,18). The fourth-order valence-electron chi connectivity index (χ4n) is 1.38. The van der Waals surface area contributed by atoms with E-state index in [9.17, 15) is 14.4 Å². The summed E-state index contributed by atoms with van der Waals surface area (Å²) >= 11 is 0. The van der Waals surface area contributed by atoms with E-state index >= 15 is 0 Å². The van der Waals surface area contributed by atoms with Gasteiger partial charge in [0, 0.05) is 12.5 Å². The van der Waals surface area contributed by atoms with Crippen LogP contribution in [0.3, 0.4) is 0 Å². The van der Waals surface area contributed by atoms with E-state index in [2.05, 4.69) is 10.6 Å². The van der Waals surface area contributed by atoms with Gasteiger partial charge in [0.1, 0.15) is 5.76 Å². The predicted molar refractivity (Wildman–Crippen MR) is 64.3 cm³/mol. The number of amides is 3.